The number of amides is 1. The summed E-state index contributed by atoms with van der Waals surface area (Å²) >= 11 is 0. The first-order chi connectivity index (χ1) is 16.0. The van der Waals surface area contributed by atoms with Gasteiger partial charge in [-0.2, -0.15) is 4.31 Å². The Morgan fingerprint density at radius 3 is 2.35 bits per heavy atom. The molecule has 0 saturated carbocycles. The Morgan fingerprint density at radius 1 is 0.971 bits per heavy atom. The molecule has 2 fully saturated rings. The van der Waals surface area contributed by atoms with Gasteiger partial charge in [0, 0.05) is 37.8 Å². The molecule has 0 radical (unpaired) electrons. The van der Waals surface area contributed by atoms with Crippen molar-refractivity contribution >= 4 is 22.0 Å². The van der Waals surface area contributed by atoms with Crippen LogP contribution in [0.1, 0.15) is 36.0 Å². The predicted molar refractivity (Wildman–Crippen MR) is 123 cm³/mol. The topological polar surface area (TPSA) is 57.7 Å². The normalized spacial score (nSPS) is 18.8. The molecule has 0 bridgehead atoms. The first-order valence-electron chi connectivity index (χ1n) is 11.2. The van der Waals surface area contributed by atoms with Crippen LogP contribution in [0.2, 0.25) is 0 Å². The van der Waals surface area contributed by atoms with Gasteiger partial charge < -0.3 is 4.90 Å². The number of nitrogens with zero attached hydrogens (tertiary/aromatic N) is 2. The Hall–Kier alpha value is -2.65. The van der Waals surface area contributed by atoms with E-state index < -0.39 is 27.5 Å². The number of likely N-dealkylation sites (tertiary alicyclic amines) is 1. The summed E-state index contributed by atoms with van der Waals surface area (Å²) in [5.74, 6) is -4.53. The molecule has 0 aliphatic carbocycles. The van der Waals surface area contributed by atoms with Gasteiger partial charge in [0.15, 0.2) is 17.5 Å². The van der Waals surface area contributed by atoms with Crippen LogP contribution in [0.5, 0.6) is 0 Å². The monoisotopic (exact) mass is 492 g/mol. The van der Waals surface area contributed by atoms with Gasteiger partial charge >= 0.3 is 0 Å². The quantitative estimate of drug-likeness (QED) is 0.469. The van der Waals surface area contributed by atoms with Crippen LogP contribution in [0.15, 0.2) is 41.3 Å². The molecule has 2 aromatic rings. The summed E-state index contributed by atoms with van der Waals surface area (Å²) in [4.78, 5) is 14.6. The van der Waals surface area contributed by atoms with Crippen LogP contribution in [0.25, 0.3) is 6.08 Å². The zero-order chi connectivity index (χ0) is 24.7. The van der Waals surface area contributed by atoms with Crippen molar-refractivity contribution in [3.8, 4) is 0 Å². The molecule has 2 aromatic carbocycles. The average molecular weight is 493 g/mol. The maximum Gasteiger partial charge on any atom is 0.246 e. The average Bonchev–Trinajstić information content (AvgIpc) is 3.22. The number of carbonyl (C=O) groups is 1. The van der Waals surface area contributed by atoms with E-state index in [4.69, 9.17) is 0 Å². The molecule has 2 heterocycles. The lowest BCUT2D eigenvalue weighted by atomic mass is 9.78. The second-order valence-corrected chi connectivity index (χ2v) is 11.2. The summed E-state index contributed by atoms with van der Waals surface area (Å²) in [7, 11) is -3.59. The predicted octanol–water partition coefficient (Wildman–Crippen LogP) is 4.44. The Bertz CT molecular complexity index is 1250. The van der Waals surface area contributed by atoms with Crippen LogP contribution < -0.4 is 0 Å². The highest BCUT2D eigenvalue weighted by atomic mass is 32.2. The summed E-state index contributed by atoms with van der Waals surface area (Å²) in [6.45, 7) is 5.41. The van der Waals surface area contributed by atoms with Crippen molar-refractivity contribution in [3.63, 3.8) is 0 Å². The molecule has 2 aliphatic heterocycles. The van der Waals surface area contributed by atoms with E-state index in [1.165, 1.54) is 4.31 Å². The van der Waals surface area contributed by atoms with Gasteiger partial charge in [-0.25, -0.2) is 21.6 Å². The van der Waals surface area contributed by atoms with Crippen molar-refractivity contribution in [1.82, 2.24) is 9.21 Å². The molecule has 0 unspecified atom stereocenters. The van der Waals surface area contributed by atoms with Gasteiger partial charge in [0.25, 0.3) is 0 Å². The summed E-state index contributed by atoms with van der Waals surface area (Å²) in [5.41, 5.74) is 1.24. The van der Waals surface area contributed by atoms with Gasteiger partial charge in [0.1, 0.15) is 0 Å². The smallest absolute Gasteiger partial charge is 0.246 e. The fraction of sp³-hybridized carbons (Fsp3) is 0.400. The molecule has 4 rings (SSSR count). The van der Waals surface area contributed by atoms with Crippen LogP contribution >= 0.6 is 0 Å². The Balaban J connectivity index is 1.40. The molecule has 182 valence electrons. The van der Waals surface area contributed by atoms with Crippen molar-refractivity contribution in [1.29, 1.82) is 0 Å². The minimum Gasteiger partial charge on any atom is -0.339 e. The van der Waals surface area contributed by atoms with E-state index in [1.807, 2.05) is 19.1 Å². The first kappa shape index (κ1) is 24.5. The minimum atomic E-state index is -3.59. The van der Waals surface area contributed by atoms with Crippen molar-refractivity contribution in [3.05, 3.63) is 70.5 Å². The SMILES string of the molecule is Cc1ccc(C)c(S(=O)(=O)N2CCC3(CCN(C(=O)/C=C/c4ccc(F)c(F)c4F)C3)CC2)c1. The van der Waals surface area contributed by atoms with Crippen LogP contribution in [0.3, 0.4) is 0 Å². The zero-order valence-electron chi connectivity index (χ0n) is 19.2. The van der Waals surface area contributed by atoms with E-state index in [2.05, 4.69) is 0 Å². The molecule has 1 spiro atoms. The van der Waals surface area contributed by atoms with E-state index in [-0.39, 0.29) is 16.9 Å². The molecule has 9 heteroatoms. The van der Waals surface area contributed by atoms with E-state index in [0.717, 1.165) is 36.3 Å². The van der Waals surface area contributed by atoms with Gasteiger partial charge in [-0.3, -0.25) is 4.79 Å². The number of rotatable bonds is 4. The molecule has 0 aromatic heterocycles. The van der Waals surface area contributed by atoms with Crippen LogP contribution in [-0.2, 0) is 14.8 Å². The highest BCUT2D eigenvalue weighted by molar-refractivity contribution is 7.89. The lowest BCUT2D eigenvalue weighted by molar-refractivity contribution is -0.125. The van der Waals surface area contributed by atoms with E-state index in [1.54, 1.807) is 17.9 Å². The van der Waals surface area contributed by atoms with Crippen LogP contribution in [0.4, 0.5) is 13.2 Å². The third-order valence-corrected chi connectivity index (χ3v) is 9.01. The number of hydrogen-bond donors (Lipinski definition) is 0. The number of carbonyl (C=O) groups excluding carboxylic acids is 1. The molecule has 0 atom stereocenters. The van der Waals surface area contributed by atoms with Gasteiger partial charge in [-0.1, -0.05) is 12.1 Å². The number of hydrogen-bond acceptors (Lipinski definition) is 3. The summed E-state index contributed by atoms with van der Waals surface area (Å²) < 4.78 is 68.2. The molecule has 34 heavy (non-hydrogen) atoms. The fourth-order valence-electron chi connectivity index (χ4n) is 4.79. The number of benzene rings is 2. The van der Waals surface area contributed by atoms with Crippen molar-refractivity contribution in [2.75, 3.05) is 26.2 Å². The third kappa shape index (κ3) is 4.63. The van der Waals surface area contributed by atoms with Crippen LogP contribution in [-0.4, -0.2) is 49.7 Å². The molecule has 1 amide bonds. The standard InChI is InChI=1S/C25H27F3N2O3S/c1-17-3-4-18(2)21(15-17)34(32,33)30-13-10-25(11-14-30)9-12-29(16-25)22(31)8-6-19-5-7-20(26)24(28)23(19)27/h3-8,15H,9-14,16H2,1-2H3/b8-6+. The van der Waals surface area contributed by atoms with Crippen molar-refractivity contribution < 1.29 is 26.4 Å². The van der Waals surface area contributed by atoms with Gasteiger partial charge in [-0.15, -0.1) is 0 Å². The largest absolute Gasteiger partial charge is 0.339 e. The van der Waals surface area contributed by atoms with E-state index >= 15 is 0 Å². The highest BCUT2D eigenvalue weighted by Gasteiger charge is 2.44. The fourth-order valence-corrected chi connectivity index (χ4v) is 6.54. The maximum atomic E-state index is 13.8. The Morgan fingerprint density at radius 2 is 1.65 bits per heavy atom. The highest BCUT2D eigenvalue weighted by Crippen LogP contribution is 2.41. The van der Waals surface area contributed by atoms with Crippen LogP contribution in [0, 0.1) is 36.7 Å². The molecule has 5 nitrogen and oxygen atoms in total. The van der Waals surface area contributed by atoms with Crippen molar-refractivity contribution in [2.45, 2.75) is 38.0 Å². The molecular weight excluding hydrogens is 465 g/mol. The van der Waals surface area contributed by atoms with Crippen molar-refractivity contribution in [2.24, 2.45) is 5.41 Å². The lowest BCUT2D eigenvalue weighted by Gasteiger charge is -2.38. The number of sulfonamides is 1. The minimum absolute atomic E-state index is 0.162. The van der Waals surface area contributed by atoms with Gasteiger partial charge in [0.05, 0.1) is 4.90 Å². The zero-order valence-corrected chi connectivity index (χ0v) is 20.0. The number of aryl methyl sites for hydroxylation is 2. The van der Waals surface area contributed by atoms with Gasteiger partial charge in [-0.05, 0) is 73.9 Å². The molecule has 2 aliphatic rings. The Labute approximate surface area is 197 Å². The summed E-state index contributed by atoms with van der Waals surface area (Å²) in [6, 6.07) is 7.29. The van der Waals surface area contributed by atoms with E-state index in [9.17, 15) is 26.4 Å². The van der Waals surface area contributed by atoms with Gasteiger partial charge in [0.2, 0.25) is 15.9 Å². The second kappa shape index (κ2) is 9.19. The Kier molecular flexibility index (Phi) is 6.61. The second-order valence-electron chi connectivity index (χ2n) is 9.28. The lowest BCUT2D eigenvalue weighted by Crippen LogP contribution is -2.44. The first-order valence-corrected chi connectivity index (χ1v) is 12.6. The number of halogens is 3. The maximum absolute atomic E-state index is 13.8. The number of piperidine rings is 1. The van der Waals surface area contributed by atoms with E-state index in [0.29, 0.717) is 49.5 Å². The molecule has 0 N–H and O–H groups in total. The third-order valence-electron chi connectivity index (χ3n) is 6.97. The molecular formula is C25H27F3N2O3S. The summed E-state index contributed by atoms with van der Waals surface area (Å²) in [6.07, 6.45) is 4.34. The molecule has 2 saturated heterocycles. The summed E-state index contributed by atoms with van der Waals surface area (Å²) in [5, 5.41) is 0.